The molecule has 0 spiro atoms. The van der Waals surface area contributed by atoms with Gasteiger partial charge in [0.05, 0.1) is 11.0 Å². The molecule has 118 valence electrons. The van der Waals surface area contributed by atoms with E-state index in [4.69, 9.17) is 22.5 Å². The summed E-state index contributed by atoms with van der Waals surface area (Å²) in [7, 11) is -3.56. The molecule has 0 radical (unpaired) electrons. The van der Waals surface area contributed by atoms with Crippen LogP contribution in [0.4, 0.5) is 0 Å². The number of aryl methyl sites for hydroxylation is 2. The number of hydrogen-bond donors (Lipinski definition) is 1. The number of rotatable bonds is 4. The van der Waals surface area contributed by atoms with Crippen LogP contribution in [-0.4, -0.2) is 60.0 Å². The maximum Gasteiger partial charge on any atom is 0.248 e. The van der Waals surface area contributed by atoms with Crippen LogP contribution in [0.25, 0.3) is 0 Å². The first-order valence-corrected chi connectivity index (χ1v) is 8.56. The van der Waals surface area contributed by atoms with E-state index >= 15 is 0 Å². The molecule has 7 nitrogen and oxygen atoms in total. The molecule has 1 aliphatic heterocycles. The van der Waals surface area contributed by atoms with Crippen LogP contribution < -0.4 is 5.73 Å². The van der Waals surface area contributed by atoms with Crippen LogP contribution in [0.3, 0.4) is 0 Å². The Balaban J connectivity index is 2.14. The summed E-state index contributed by atoms with van der Waals surface area (Å²) in [5.74, 6) is 0.325. The van der Waals surface area contributed by atoms with Crippen LogP contribution in [0.1, 0.15) is 18.4 Å². The van der Waals surface area contributed by atoms with Gasteiger partial charge >= 0.3 is 0 Å². The van der Waals surface area contributed by atoms with E-state index < -0.39 is 10.0 Å². The Labute approximate surface area is 130 Å². The molecule has 1 aliphatic rings. The first kappa shape index (κ1) is 16.3. The van der Waals surface area contributed by atoms with Crippen LogP contribution >= 0.6 is 12.2 Å². The molecule has 1 fully saturated rings. The zero-order valence-electron chi connectivity index (χ0n) is 12.4. The Bertz CT molecular complexity index is 613. The van der Waals surface area contributed by atoms with Crippen molar-refractivity contribution in [1.29, 1.82) is 0 Å². The van der Waals surface area contributed by atoms with Crippen molar-refractivity contribution >= 4 is 27.2 Å². The van der Waals surface area contributed by atoms with Crippen molar-refractivity contribution in [3.8, 4) is 0 Å². The molecule has 2 N–H and O–H groups in total. The van der Waals surface area contributed by atoms with E-state index in [0.29, 0.717) is 42.6 Å². The van der Waals surface area contributed by atoms with Gasteiger partial charge in [0.2, 0.25) is 10.0 Å². The quantitative estimate of drug-likeness (QED) is 0.791. The molecule has 0 aliphatic carbocycles. The summed E-state index contributed by atoms with van der Waals surface area (Å²) in [4.78, 5) is 2.69. The van der Waals surface area contributed by atoms with Gasteiger partial charge in [0.15, 0.2) is 5.76 Å². The first-order chi connectivity index (χ1) is 9.75. The Morgan fingerprint density at radius 1 is 1.33 bits per heavy atom. The third kappa shape index (κ3) is 3.10. The Morgan fingerprint density at radius 2 is 1.90 bits per heavy atom. The van der Waals surface area contributed by atoms with Gasteiger partial charge in [-0.2, -0.15) is 4.31 Å². The molecular formula is C12H20N4O3S2. The summed E-state index contributed by atoms with van der Waals surface area (Å²) in [6.07, 6.45) is 0. The standard InChI is InChI=1S/C12H20N4O3S2/c1-8-11(10(3)19-14-8)21(17,18)16-6-4-15(5-7-16)9(2)12(13)20/h9H,4-7H2,1-3H3,(H2,13,20). The van der Waals surface area contributed by atoms with Gasteiger partial charge in [-0.3, -0.25) is 4.90 Å². The molecule has 1 saturated heterocycles. The van der Waals surface area contributed by atoms with E-state index in [1.807, 2.05) is 6.92 Å². The minimum Gasteiger partial charge on any atom is -0.392 e. The lowest BCUT2D eigenvalue weighted by atomic mass is 10.2. The molecule has 2 rings (SSSR count). The van der Waals surface area contributed by atoms with Gasteiger partial charge in [0.25, 0.3) is 0 Å². The number of aromatic nitrogens is 1. The van der Waals surface area contributed by atoms with Crippen molar-refractivity contribution in [2.75, 3.05) is 26.2 Å². The summed E-state index contributed by atoms with van der Waals surface area (Å²) < 4.78 is 31.7. The first-order valence-electron chi connectivity index (χ1n) is 6.71. The van der Waals surface area contributed by atoms with Crippen LogP contribution in [0, 0.1) is 13.8 Å². The van der Waals surface area contributed by atoms with Gasteiger partial charge in [0, 0.05) is 26.2 Å². The molecule has 0 bridgehead atoms. The second kappa shape index (κ2) is 5.99. The molecule has 0 aromatic carbocycles. The highest BCUT2D eigenvalue weighted by Gasteiger charge is 2.34. The van der Waals surface area contributed by atoms with Crippen molar-refractivity contribution in [3.63, 3.8) is 0 Å². The van der Waals surface area contributed by atoms with Crippen molar-refractivity contribution in [3.05, 3.63) is 11.5 Å². The van der Waals surface area contributed by atoms with Crippen molar-refractivity contribution in [2.45, 2.75) is 31.7 Å². The van der Waals surface area contributed by atoms with E-state index in [2.05, 4.69) is 10.1 Å². The third-order valence-electron chi connectivity index (χ3n) is 3.80. The van der Waals surface area contributed by atoms with Crippen LogP contribution in [-0.2, 0) is 10.0 Å². The largest absolute Gasteiger partial charge is 0.392 e. The Kier molecular flexibility index (Phi) is 4.66. The van der Waals surface area contributed by atoms with Crippen LogP contribution in [0.2, 0.25) is 0 Å². The van der Waals surface area contributed by atoms with Gasteiger partial charge < -0.3 is 10.3 Å². The molecule has 1 aromatic rings. The molecule has 9 heteroatoms. The molecule has 0 saturated carbocycles. The normalized spacial score (nSPS) is 19.6. The fourth-order valence-corrected chi connectivity index (χ4v) is 4.35. The van der Waals surface area contributed by atoms with Gasteiger partial charge in [0.1, 0.15) is 10.6 Å². The number of piperazine rings is 1. The van der Waals surface area contributed by atoms with Crippen molar-refractivity contribution < 1.29 is 12.9 Å². The number of nitrogens with two attached hydrogens (primary N) is 1. The summed E-state index contributed by atoms with van der Waals surface area (Å²) in [6, 6.07) is -0.0241. The number of sulfonamides is 1. The SMILES string of the molecule is Cc1noc(C)c1S(=O)(=O)N1CCN(C(C)C(N)=S)CC1. The molecule has 1 unspecified atom stereocenters. The summed E-state index contributed by atoms with van der Waals surface area (Å²) >= 11 is 4.98. The number of thiocarbonyl (C=S) groups is 1. The predicted octanol–water partition coefficient (Wildman–Crippen LogP) is 0.272. The monoisotopic (exact) mass is 332 g/mol. The van der Waals surface area contributed by atoms with Crippen LogP contribution in [0.15, 0.2) is 9.42 Å². The van der Waals surface area contributed by atoms with Gasteiger partial charge in [-0.25, -0.2) is 8.42 Å². The zero-order valence-corrected chi connectivity index (χ0v) is 14.0. The highest BCUT2D eigenvalue weighted by molar-refractivity contribution is 7.89. The lowest BCUT2D eigenvalue weighted by molar-refractivity contribution is 0.174. The minimum atomic E-state index is -3.56. The van der Waals surface area contributed by atoms with Gasteiger partial charge in [-0.05, 0) is 20.8 Å². The van der Waals surface area contributed by atoms with Gasteiger partial charge in [-0.15, -0.1) is 0 Å². The Hall–Kier alpha value is -1.03. The molecule has 1 aromatic heterocycles. The average Bonchev–Trinajstić information content (AvgIpc) is 2.78. The van der Waals surface area contributed by atoms with Gasteiger partial charge in [-0.1, -0.05) is 17.4 Å². The number of hydrogen-bond acceptors (Lipinski definition) is 6. The second-order valence-corrected chi connectivity index (χ2v) is 7.52. The topological polar surface area (TPSA) is 92.7 Å². The minimum absolute atomic E-state index is 0.0241. The zero-order chi connectivity index (χ0) is 15.8. The summed E-state index contributed by atoms with van der Waals surface area (Å²) in [5, 5.41) is 3.72. The van der Waals surface area contributed by atoms with E-state index in [1.54, 1.807) is 13.8 Å². The third-order valence-corrected chi connectivity index (χ3v) is 6.28. The molecule has 2 heterocycles. The maximum atomic E-state index is 12.7. The average molecular weight is 332 g/mol. The van der Waals surface area contributed by atoms with Crippen LogP contribution in [0.5, 0.6) is 0 Å². The second-order valence-electron chi connectivity index (χ2n) is 5.17. The smallest absolute Gasteiger partial charge is 0.248 e. The highest BCUT2D eigenvalue weighted by Crippen LogP contribution is 2.24. The number of nitrogens with zero attached hydrogens (tertiary/aromatic N) is 3. The summed E-state index contributed by atoms with van der Waals surface area (Å²) in [5.41, 5.74) is 6.04. The highest BCUT2D eigenvalue weighted by atomic mass is 32.2. The fourth-order valence-electron chi connectivity index (χ4n) is 2.48. The lowest BCUT2D eigenvalue weighted by Crippen LogP contribution is -2.53. The predicted molar refractivity (Wildman–Crippen MR) is 82.6 cm³/mol. The van der Waals surface area contributed by atoms with Crippen molar-refractivity contribution in [2.24, 2.45) is 5.73 Å². The van der Waals surface area contributed by atoms with E-state index in [-0.39, 0.29) is 10.9 Å². The molecule has 1 atom stereocenters. The van der Waals surface area contributed by atoms with E-state index in [9.17, 15) is 8.42 Å². The van der Waals surface area contributed by atoms with E-state index in [1.165, 1.54) is 4.31 Å². The Morgan fingerprint density at radius 3 is 2.33 bits per heavy atom. The fraction of sp³-hybridized carbons (Fsp3) is 0.667. The summed E-state index contributed by atoms with van der Waals surface area (Å²) in [6.45, 7) is 7.17. The van der Waals surface area contributed by atoms with Crippen molar-refractivity contribution in [1.82, 2.24) is 14.4 Å². The van der Waals surface area contributed by atoms with E-state index in [0.717, 1.165) is 0 Å². The molecule has 21 heavy (non-hydrogen) atoms. The molecular weight excluding hydrogens is 312 g/mol. The molecule has 0 amide bonds. The maximum absolute atomic E-state index is 12.7. The lowest BCUT2D eigenvalue weighted by Gasteiger charge is -2.36.